The van der Waals surface area contributed by atoms with E-state index >= 15 is 0 Å². The number of likely N-dealkylation sites (N-methyl/N-ethyl adjacent to an activating group) is 1. The molecule has 2 aliphatic rings. The highest BCUT2D eigenvalue weighted by Gasteiger charge is 2.36. The van der Waals surface area contributed by atoms with Crippen LogP contribution in [0.25, 0.3) is 0 Å². The largest absolute Gasteiger partial charge is 0.357 e. The minimum absolute atomic E-state index is 0.168. The van der Waals surface area contributed by atoms with Gasteiger partial charge in [-0.15, -0.1) is 0 Å². The van der Waals surface area contributed by atoms with Gasteiger partial charge in [-0.3, -0.25) is 9.79 Å². The molecule has 2 saturated heterocycles. The Morgan fingerprint density at radius 3 is 2.39 bits per heavy atom. The number of piperazine rings is 1. The van der Waals surface area contributed by atoms with Gasteiger partial charge >= 0.3 is 0 Å². The van der Waals surface area contributed by atoms with Crippen molar-refractivity contribution in [2.75, 3.05) is 64.9 Å². The predicted octanol–water partition coefficient (Wildman–Crippen LogP) is 0.553. The fraction of sp³-hybridized carbons (Fsp3) is 0.875. The fourth-order valence-corrected chi connectivity index (χ4v) is 4.64. The maximum Gasteiger partial charge on any atom is 0.219 e. The lowest BCUT2D eigenvalue weighted by molar-refractivity contribution is -0.130. The van der Waals surface area contributed by atoms with E-state index in [9.17, 15) is 4.79 Å². The maximum atomic E-state index is 11.5. The van der Waals surface area contributed by atoms with E-state index in [4.69, 9.17) is 4.99 Å². The number of carbonyl (C=O) groups excluding carboxylic acids is 1. The van der Waals surface area contributed by atoms with Crippen LogP contribution >= 0.6 is 11.8 Å². The summed E-state index contributed by atoms with van der Waals surface area (Å²) in [5.41, 5.74) is 0.187. The topological polar surface area (TPSA) is 51.2 Å². The molecule has 1 atom stereocenters. The highest BCUT2D eigenvalue weighted by molar-refractivity contribution is 7.99. The van der Waals surface area contributed by atoms with E-state index in [1.54, 1.807) is 6.92 Å². The summed E-state index contributed by atoms with van der Waals surface area (Å²) in [5.74, 6) is 3.54. The average Bonchev–Trinajstić information content (AvgIpc) is 3.02. The van der Waals surface area contributed by atoms with Crippen LogP contribution in [-0.2, 0) is 4.79 Å². The number of nitrogens with zero attached hydrogens (tertiary/aromatic N) is 4. The van der Waals surface area contributed by atoms with Crippen LogP contribution in [0.4, 0.5) is 0 Å². The molecule has 132 valence electrons. The third-order valence-corrected chi connectivity index (χ3v) is 6.15. The van der Waals surface area contributed by atoms with Gasteiger partial charge in [0.15, 0.2) is 5.96 Å². The maximum absolute atomic E-state index is 11.5. The summed E-state index contributed by atoms with van der Waals surface area (Å²) in [6.07, 6.45) is 1.20. The Hall–Kier alpha value is -0.950. The van der Waals surface area contributed by atoms with Crippen LogP contribution in [0.2, 0.25) is 0 Å². The lowest BCUT2D eigenvalue weighted by atomic mass is 9.98. The van der Waals surface area contributed by atoms with Crippen LogP contribution in [0, 0.1) is 0 Å². The van der Waals surface area contributed by atoms with Gasteiger partial charge in [0.2, 0.25) is 5.91 Å². The summed E-state index contributed by atoms with van der Waals surface area (Å²) in [6, 6.07) is 0. The molecule has 0 saturated carbocycles. The Bertz CT molecular complexity index is 426. The number of hydrogen-bond acceptors (Lipinski definition) is 4. The molecular weight excluding hydrogens is 310 g/mol. The van der Waals surface area contributed by atoms with Crippen molar-refractivity contribution in [1.82, 2.24) is 20.0 Å². The van der Waals surface area contributed by atoms with Gasteiger partial charge in [0.1, 0.15) is 0 Å². The van der Waals surface area contributed by atoms with E-state index in [1.807, 2.05) is 16.7 Å². The minimum Gasteiger partial charge on any atom is -0.357 e. The molecule has 6 nitrogen and oxygen atoms in total. The van der Waals surface area contributed by atoms with Crippen molar-refractivity contribution in [2.24, 2.45) is 4.99 Å². The molecule has 2 aliphatic heterocycles. The molecule has 0 radical (unpaired) electrons. The molecule has 2 heterocycles. The van der Waals surface area contributed by atoms with Crippen LogP contribution < -0.4 is 5.32 Å². The molecule has 0 aromatic carbocycles. The van der Waals surface area contributed by atoms with Crippen LogP contribution in [0.1, 0.15) is 20.3 Å². The first-order valence-electron chi connectivity index (χ1n) is 8.52. The molecule has 0 aromatic rings. The number of hydrogen-bond donors (Lipinski definition) is 1. The molecule has 0 spiro atoms. The number of carbonyl (C=O) groups is 1. The second kappa shape index (κ2) is 8.24. The van der Waals surface area contributed by atoms with Gasteiger partial charge < -0.3 is 20.0 Å². The zero-order chi connectivity index (χ0) is 16.9. The molecule has 1 unspecified atom stereocenters. The van der Waals surface area contributed by atoms with Gasteiger partial charge in [0.25, 0.3) is 0 Å². The van der Waals surface area contributed by atoms with E-state index in [-0.39, 0.29) is 11.4 Å². The number of rotatable bonds is 4. The van der Waals surface area contributed by atoms with Crippen molar-refractivity contribution < 1.29 is 4.79 Å². The highest BCUT2D eigenvalue weighted by Crippen LogP contribution is 2.32. The van der Waals surface area contributed by atoms with Gasteiger partial charge in [0.05, 0.1) is 6.54 Å². The number of aliphatic imine (C=N–C) groups is 1. The van der Waals surface area contributed by atoms with Crippen LogP contribution in [0.3, 0.4) is 0 Å². The number of guanidine groups is 1. The zero-order valence-electron chi connectivity index (χ0n) is 15.0. The summed E-state index contributed by atoms with van der Waals surface area (Å²) < 4.78 is 0. The van der Waals surface area contributed by atoms with Gasteiger partial charge in [-0.2, -0.15) is 11.8 Å². The van der Waals surface area contributed by atoms with Crippen molar-refractivity contribution in [3.8, 4) is 0 Å². The molecule has 2 fully saturated rings. The quantitative estimate of drug-likeness (QED) is 0.598. The van der Waals surface area contributed by atoms with E-state index < -0.39 is 0 Å². The second-order valence-electron chi connectivity index (χ2n) is 6.58. The highest BCUT2D eigenvalue weighted by atomic mass is 32.2. The first-order valence-corrected chi connectivity index (χ1v) is 9.68. The Kier molecular flexibility index (Phi) is 6.59. The summed E-state index contributed by atoms with van der Waals surface area (Å²) in [6.45, 7) is 8.74. The van der Waals surface area contributed by atoms with E-state index in [2.05, 4.69) is 36.1 Å². The molecule has 0 aromatic heterocycles. The van der Waals surface area contributed by atoms with E-state index in [0.29, 0.717) is 0 Å². The van der Waals surface area contributed by atoms with Crippen LogP contribution in [0.15, 0.2) is 4.99 Å². The minimum atomic E-state index is 0.168. The molecule has 23 heavy (non-hydrogen) atoms. The SMILES string of the molecule is CCNC(=NCC1(N(C)C)CCSC1)N1CCN(C(C)=O)CC1. The van der Waals surface area contributed by atoms with Gasteiger partial charge in [-0.1, -0.05) is 0 Å². The standard InChI is InChI=1S/C16H31N5OS/c1-5-17-15(21-9-7-20(8-10-21)14(2)22)18-12-16(19(3)4)6-11-23-13-16/h5-13H2,1-4H3,(H,17,18). The third kappa shape index (κ3) is 4.53. The molecule has 2 rings (SSSR count). The van der Waals surface area contributed by atoms with E-state index in [0.717, 1.165) is 51.0 Å². The number of nitrogens with one attached hydrogen (secondary N) is 1. The van der Waals surface area contributed by atoms with Crippen molar-refractivity contribution >= 4 is 23.6 Å². The Morgan fingerprint density at radius 1 is 1.26 bits per heavy atom. The van der Waals surface area contributed by atoms with Gasteiger partial charge in [0, 0.05) is 50.9 Å². The second-order valence-corrected chi connectivity index (χ2v) is 7.69. The number of thioether (sulfide) groups is 1. The fourth-order valence-electron chi connectivity index (χ4n) is 3.10. The normalized spacial score (nSPS) is 26.0. The molecular formula is C16H31N5OS. The molecule has 0 aliphatic carbocycles. The monoisotopic (exact) mass is 341 g/mol. The van der Waals surface area contributed by atoms with Crippen molar-refractivity contribution in [3.63, 3.8) is 0 Å². The zero-order valence-corrected chi connectivity index (χ0v) is 15.8. The lowest BCUT2D eigenvalue weighted by Gasteiger charge is -2.38. The first kappa shape index (κ1) is 18.4. The summed E-state index contributed by atoms with van der Waals surface area (Å²) in [5, 5.41) is 3.42. The van der Waals surface area contributed by atoms with Crippen molar-refractivity contribution in [3.05, 3.63) is 0 Å². The molecule has 7 heteroatoms. The van der Waals surface area contributed by atoms with Crippen molar-refractivity contribution in [1.29, 1.82) is 0 Å². The Balaban J connectivity index is 2.01. The summed E-state index contributed by atoms with van der Waals surface area (Å²) >= 11 is 2.02. The third-order valence-electron chi connectivity index (χ3n) is 4.91. The van der Waals surface area contributed by atoms with Crippen molar-refractivity contribution in [2.45, 2.75) is 25.8 Å². The molecule has 1 amide bonds. The summed E-state index contributed by atoms with van der Waals surface area (Å²) in [7, 11) is 4.33. The summed E-state index contributed by atoms with van der Waals surface area (Å²) in [4.78, 5) is 23.0. The molecule has 0 bridgehead atoms. The Labute approximate surface area is 144 Å². The van der Waals surface area contributed by atoms with Gasteiger partial charge in [-0.05, 0) is 33.2 Å². The van der Waals surface area contributed by atoms with E-state index in [1.165, 1.54) is 12.2 Å². The molecule has 1 N–H and O–H groups in total. The van der Waals surface area contributed by atoms with Crippen LogP contribution in [0.5, 0.6) is 0 Å². The van der Waals surface area contributed by atoms with Crippen LogP contribution in [-0.4, -0.2) is 97.0 Å². The lowest BCUT2D eigenvalue weighted by Crippen LogP contribution is -2.54. The smallest absolute Gasteiger partial charge is 0.219 e. The average molecular weight is 342 g/mol. The predicted molar refractivity (Wildman–Crippen MR) is 98.2 cm³/mol. The Morgan fingerprint density at radius 2 is 1.91 bits per heavy atom. The first-order chi connectivity index (χ1) is 11.0. The number of amides is 1. The van der Waals surface area contributed by atoms with Gasteiger partial charge in [-0.25, -0.2) is 0 Å².